The highest BCUT2D eigenvalue weighted by Crippen LogP contribution is 2.26. The van der Waals surface area contributed by atoms with E-state index in [1.807, 2.05) is 0 Å². The van der Waals surface area contributed by atoms with Gasteiger partial charge in [-0.05, 0) is 26.0 Å². The van der Waals surface area contributed by atoms with Gasteiger partial charge in [-0.2, -0.15) is 0 Å². The van der Waals surface area contributed by atoms with E-state index in [9.17, 15) is 14.9 Å². The predicted octanol–water partition coefficient (Wildman–Crippen LogP) is 1.93. The molecule has 1 N–H and O–H groups in total. The third-order valence-electron chi connectivity index (χ3n) is 3.86. The van der Waals surface area contributed by atoms with Crippen LogP contribution in [0.5, 0.6) is 0 Å². The van der Waals surface area contributed by atoms with E-state index in [-0.39, 0.29) is 17.5 Å². The average molecular weight is 307 g/mol. The highest BCUT2D eigenvalue weighted by atomic mass is 16.6. The first-order valence-corrected chi connectivity index (χ1v) is 7.34. The number of anilines is 1. The summed E-state index contributed by atoms with van der Waals surface area (Å²) in [7, 11) is 0. The van der Waals surface area contributed by atoms with Gasteiger partial charge in [0, 0.05) is 37.3 Å². The van der Waals surface area contributed by atoms with Gasteiger partial charge in [0.05, 0.1) is 18.1 Å². The van der Waals surface area contributed by atoms with Crippen molar-refractivity contribution in [2.45, 2.75) is 19.9 Å². The number of nitrogens with zero attached hydrogens (tertiary/aromatic N) is 2. The molecule has 1 aliphatic rings. The van der Waals surface area contributed by atoms with Gasteiger partial charge < -0.3 is 10.1 Å². The van der Waals surface area contributed by atoms with Crippen molar-refractivity contribution in [2.24, 2.45) is 0 Å². The number of ketones is 1. The minimum absolute atomic E-state index is 0.0677. The molecule has 1 fully saturated rings. The summed E-state index contributed by atoms with van der Waals surface area (Å²) in [5.74, 6) is -0.184. The number of hydrogen-bond acceptors (Lipinski definition) is 6. The fraction of sp³-hybridized carbons (Fsp3) is 0.533. The molecule has 1 heterocycles. The third-order valence-corrected chi connectivity index (χ3v) is 3.86. The summed E-state index contributed by atoms with van der Waals surface area (Å²) in [6, 6.07) is 4.78. The lowest BCUT2D eigenvalue weighted by atomic mass is 10.1. The van der Waals surface area contributed by atoms with Crippen LogP contribution in [0.4, 0.5) is 11.4 Å². The Morgan fingerprint density at radius 2 is 2.14 bits per heavy atom. The van der Waals surface area contributed by atoms with Gasteiger partial charge in [0.15, 0.2) is 5.78 Å². The van der Waals surface area contributed by atoms with E-state index in [1.54, 1.807) is 12.1 Å². The first-order valence-electron chi connectivity index (χ1n) is 7.34. The first kappa shape index (κ1) is 16.4. The summed E-state index contributed by atoms with van der Waals surface area (Å²) in [6.45, 7) is 7.25. The monoisotopic (exact) mass is 307 g/mol. The number of morpholine rings is 1. The number of nitro groups is 1. The zero-order chi connectivity index (χ0) is 16.1. The van der Waals surface area contributed by atoms with Crippen LogP contribution in [0, 0.1) is 10.1 Å². The highest BCUT2D eigenvalue weighted by Gasteiger charge is 2.19. The van der Waals surface area contributed by atoms with Crippen LogP contribution in [0.25, 0.3) is 0 Å². The quantitative estimate of drug-likeness (QED) is 0.491. The van der Waals surface area contributed by atoms with E-state index in [4.69, 9.17) is 4.74 Å². The van der Waals surface area contributed by atoms with Gasteiger partial charge in [-0.3, -0.25) is 19.8 Å². The van der Waals surface area contributed by atoms with Crippen molar-refractivity contribution in [3.05, 3.63) is 33.9 Å². The number of nitrogens with one attached hydrogen (secondary N) is 1. The van der Waals surface area contributed by atoms with Crippen LogP contribution < -0.4 is 5.32 Å². The molecule has 0 spiro atoms. The maximum absolute atomic E-state index is 11.3. The van der Waals surface area contributed by atoms with Crippen LogP contribution in [0.15, 0.2) is 18.2 Å². The number of carbonyl (C=O) groups is 1. The number of hydrogen-bond donors (Lipinski definition) is 1. The highest BCUT2D eigenvalue weighted by molar-refractivity contribution is 5.95. The zero-order valence-corrected chi connectivity index (χ0v) is 12.9. The number of Topliss-reactive ketones (excluding diaryl/α,β-unsaturated/α-hetero) is 1. The van der Waals surface area contributed by atoms with Gasteiger partial charge >= 0.3 is 0 Å². The second-order valence-corrected chi connectivity index (χ2v) is 5.42. The average Bonchev–Trinajstić information content (AvgIpc) is 2.53. The van der Waals surface area contributed by atoms with E-state index in [0.717, 1.165) is 26.3 Å². The Morgan fingerprint density at radius 1 is 1.45 bits per heavy atom. The SMILES string of the molecule is CC(=O)c1ccc(NC[C@H](C)N2CCOCC2)c([N+](=O)[O-])c1. The molecule has 2 rings (SSSR count). The van der Waals surface area contributed by atoms with Gasteiger partial charge in [0.1, 0.15) is 5.69 Å². The molecule has 0 amide bonds. The molecule has 0 bridgehead atoms. The number of carbonyl (C=O) groups excluding carboxylic acids is 1. The minimum Gasteiger partial charge on any atom is -0.379 e. The van der Waals surface area contributed by atoms with Crippen LogP contribution in [0.1, 0.15) is 24.2 Å². The van der Waals surface area contributed by atoms with Crippen LogP contribution in [-0.4, -0.2) is 54.5 Å². The van der Waals surface area contributed by atoms with Gasteiger partial charge in [-0.15, -0.1) is 0 Å². The molecule has 7 heteroatoms. The summed E-state index contributed by atoms with van der Waals surface area (Å²) < 4.78 is 5.32. The molecular formula is C15H21N3O4. The summed E-state index contributed by atoms with van der Waals surface area (Å²) in [6.07, 6.45) is 0. The fourth-order valence-electron chi connectivity index (χ4n) is 2.46. The second-order valence-electron chi connectivity index (χ2n) is 5.42. The lowest BCUT2D eigenvalue weighted by Gasteiger charge is -2.32. The van der Waals surface area contributed by atoms with Gasteiger partial charge in [0.2, 0.25) is 0 Å². The summed E-state index contributed by atoms with van der Waals surface area (Å²) >= 11 is 0. The van der Waals surface area contributed by atoms with Gasteiger partial charge in [0.25, 0.3) is 5.69 Å². The summed E-state index contributed by atoms with van der Waals surface area (Å²) in [5, 5.41) is 14.3. The molecule has 7 nitrogen and oxygen atoms in total. The van der Waals surface area contributed by atoms with Crippen molar-refractivity contribution in [1.82, 2.24) is 4.90 Å². The van der Waals surface area contributed by atoms with Crippen molar-refractivity contribution in [3.8, 4) is 0 Å². The molecule has 22 heavy (non-hydrogen) atoms. The van der Waals surface area contributed by atoms with Crippen LogP contribution >= 0.6 is 0 Å². The van der Waals surface area contributed by atoms with Crippen molar-refractivity contribution < 1.29 is 14.5 Å². The van der Waals surface area contributed by atoms with E-state index >= 15 is 0 Å². The van der Waals surface area contributed by atoms with Crippen LogP contribution in [0.3, 0.4) is 0 Å². The Balaban J connectivity index is 2.05. The maximum Gasteiger partial charge on any atom is 0.293 e. The Morgan fingerprint density at radius 3 is 2.73 bits per heavy atom. The molecule has 1 atom stereocenters. The lowest BCUT2D eigenvalue weighted by Crippen LogP contribution is -2.45. The van der Waals surface area contributed by atoms with E-state index in [0.29, 0.717) is 17.8 Å². The van der Waals surface area contributed by atoms with Crippen LogP contribution in [-0.2, 0) is 4.74 Å². The molecule has 1 aromatic carbocycles. The number of rotatable bonds is 6. The Bertz CT molecular complexity index is 556. The second kappa shape index (κ2) is 7.33. The molecule has 0 saturated carbocycles. The largest absolute Gasteiger partial charge is 0.379 e. The third kappa shape index (κ3) is 4.02. The smallest absolute Gasteiger partial charge is 0.293 e. The molecule has 0 aliphatic carbocycles. The molecular weight excluding hydrogens is 286 g/mol. The van der Waals surface area contributed by atoms with E-state index in [2.05, 4.69) is 17.1 Å². The number of ether oxygens (including phenoxy) is 1. The normalized spacial score (nSPS) is 17.0. The van der Waals surface area contributed by atoms with Gasteiger partial charge in [-0.25, -0.2) is 0 Å². The Kier molecular flexibility index (Phi) is 5.46. The zero-order valence-electron chi connectivity index (χ0n) is 12.9. The molecule has 1 aliphatic heterocycles. The number of nitro benzene ring substituents is 1. The summed E-state index contributed by atoms with van der Waals surface area (Å²) in [4.78, 5) is 24.3. The molecule has 0 radical (unpaired) electrons. The predicted molar refractivity (Wildman–Crippen MR) is 83.4 cm³/mol. The molecule has 0 unspecified atom stereocenters. The standard InChI is InChI=1S/C15H21N3O4/c1-11(17-5-7-22-8-6-17)10-16-14-4-3-13(12(2)19)9-15(14)18(20)21/h3-4,9,11,16H,5-8,10H2,1-2H3/t11-/m0/s1. The maximum atomic E-state index is 11.3. The first-order chi connectivity index (χ1) is 10.5. The Labute approximate surface area is 129 Å². The number of benzene rings is 1. The molecule has 1 saturated heterocycles. The van der Waals surface area contributed by atoms with Crippen molar-refractivity contribution in [2.75, 3.05) is 38.2 Å². The van der Waals surface area contributed by atoms with E-state index < -0.39 is 4.92 Å². The van der Waals surface area contributed by atoms with E-state index in [1.165, 1.54) is 13.0 Å². The van der Waals surface area contributed by atoms with Gasteiger partial charge in [-0.1, -0.05) is 0 Å². The topological polar surface area (TPSA) is 84.7 Å². The molecule has 120 valence electrons. The fourth-order valence-corrected chi connectivity index (χ4v) is 2.46. The van der Waals surface area contributed by atoms with Crippen molar-refractivity contribution in [3.63, 3.8) is 0 Å². The molecule has 0 aromatic heterocycles. The summed E-state index contributed by atoms with van der Waals surface area (Å²) in [5.41, 5.74) is 0.718. The van der Waals surface area contributed by atoms with Crippen molar-refractivity contribution >= 4 is 17.2 Å². The minimum atomic E-state index is -0.464. The lowest BCUT2D eigenvalue weighted by molar-refractivity contribution is -0.384. The van der Waals surface area contributed by atoms with Crippen molar-refractivity contribution in [1.29, 1.82) is 0 Å². The molecule has 1 aromatic rings. The Hall–Kier alpha value is -1.99. The van der Waals surface area contributed by atoms with Crippen LogP contribution in [0.2, 0.25) is 0 Å².